The molecule has 1 saturated carbocycles. The van der Waals surface area contributed by atoms with Crippen LogP contribution in [-0.4, -0.2) is 23.9 Å². The Kier molecular flexibility index (Phi) is 5.12. The molecule has 4 N–H and O–H groups in total. The van der Waals surface area contributed by atoms with Crippen LogP contribution in [-0.2, 0) is 0 Å². The number of aliphatic hydroxyl groups is 1. The lowest BCUT2D eigenvalue weighted by atomic mass is 9.87. The van der Waals surface area contributed by atoms with Crippen LogP contribution in [0.1, 0.15) is 39.5 Å². The van der Waals surface area contributed by atoms with Crippen molar-refractivity contribution in [2.24, 2.45) is 5.92 Å². The molecule has 0 aromatic heterocycles. The van der Waals surface area contributed by atoms with E-state index in [0.717, 1.165) is 43.7 Å². The third-order valence-electron chi connectivity index (χ3n) is 3.83. The van der Waals surface area contributed by atoms with Crippen LogP contribution in [0.2, 0.25) is 0 Å². The van der Waals surface area contributed by atoms with Crippen LogP contribution in [0.3, 0.4) is 0 Å². The number of ether oxygens (including phenoxy) is 1. The molecule has 0 amide bonds. The van der Waals surface area contributed by atoms with Crippen LogP contribution in [0.5, 0.6) is 5.75 Å². The molecule has 0 radical (unpaired) electrons. The molecule has 1 aromatic rings. The van der Waals surface area contributed by atoms with E-state index >= 15 is 0 Å². The quantitative estimate of drug-likeness (QED) is 0.724. The number of hydrogen-bond acceptors (Lipinski definition) is 4. The molecule has 0 heterocycles. The first-order chi connectivity index (χ1) is 9.56. The monoisotopic (exact) mass is 278 g/mol. The van der Waals surface area contributed by atoms with Gasteiger partial charge in [0.05, 0.1) is 23.6 Å². The summed E-state index contributed by atoms with van der Waals surface area (Å²) in [5, 5.41) is 12.9. The highest BCUT2D eigenvalue weighted by Gasteiger charge is 2.19. The zero-order chi connectivity index (χ0) is 14.5. The van der Waals surface area contributed by atoms with Crippen molar-refractivity contribution in [1.29, 1.82) is 0 Å². The number of nitrogens with one attached hydrogen (secondary N) is 1. The molecule has 1 aromatic carbocycles. The summed E-state index contributed by atoms with van der Waals surface area (Å²) in [6.07, 6.45) is 4.01. The molecule has 0 bridgehead atoms. The highest BCUT2D eigenvalue weighted by atomic mass is 16.5. The molecule has 0 saturated heterocycles. The Bertz CT molecular complexity index is 426. The summed E-state index contributed by atoms with van der Waals surface area (Å²) in [7, 11) is 0. The van der Waals surface area contributed by atoms with Crippen LogP contribution in [0, 0.1) is 5.92 Å². The molecule has 0 atom stereocenters. The fourth-order valence-electron chi connectivity index (χ4n) is 2.66. The van der Waals surface area contributed by atoms with E-state index in [4.69, 9.17) is 10.5 Å². The average molecular weight is 278 g/mol. The number of anilines is 2. The lowest BCUT2D eigenvalue weighted by Crippen LogP contribution is -2.23. The lowest BCUT2D eigenvalue weighted by Gasteiger charge is -2.26. The molecule has 2 rings (SSSR count). The Morgan fingerprint density at radius 1 is 1.30 bits per heavy atom. The van der Waals surface area contributed by atoms with Gasteiger partial charge >= 0.3 is 0 Å². The fraction of sp³-hybridized carbons (Fsp3) is 0.625. The molecular weight excluding hydrogens is 252 g/mol. The van der Waals surface area contributed by atoms with Gasteiger partial charge in [-0.3, -0.25) is 0 Å². The summed E-state index contributed by atoms with van der Waals surface area (Å²) in [6.45, 7) is 4.89. The number of nitrogen functional groups attached to an aromatic ring is 1. The standard InChI is InChI=1S/C16H26N2O2/c1-11(2)20-15-5-3-4-14(16(15)17)18-10-12-6-8-13(19)9-7-12/h3-5,11-13,18-19H,6-10,17H2,1-2H3. The average Bonchev–Trinajstić information content (AvgIpc) is 2.41. The first-order valence-electron chi connectivity index (χ1n) is 7.53. The topological polar surface area (TPSA) is 67.5 Å². The maximum atomic E-state index is 9.52. The Morgan fingerprint density at radius 3 is 2.65 bits per heavy atom. The van der Waals surface area contributed by atoms with Gasteiger partial charge in [-0.15, -0.1) is 0 Å². The second kappa shape index (κ2) is 6.84. The van der Waals surface area contributed by atoms with E-state index in [0.29, 0.717) is 11.6 Å². The molecule has 1 aliphatic carbocycles. The first kappa shape index (κ1) is 15.0. The SMILES string of the molecule is CC(C)Oc1cccc(NCC2CCC(O)CC2)c1N. The number of nitrogens with two attached hydrogens (primary N) is 1. The summed E-state index contributed by atoms with van der Waals surface area (Å²) in [4.78, 5) is 0. The molecule has 1 aliphatic rings. The van der Waals surface area contributed by atoms with Gasteiger partial charge in [-0.05, 0) is 57.6 Å². The van der Waals surface area contributed by atoms with Gasteiger partial charge < -0.3 is 20.9 Å². The molecule has 112 valence electrons. The first-order valence-corrected chi connectivity index (χ1v) is 7.53. The van der Waals surface area contributed by atoms with Crippen LogP contribution in [0.4, 0.5) is 11.4 Å². The number of rotatable bonds is 5. The molecule has 4 nitrogen and oxygen atoms in total. The Hall–Kier alpha value is -1.42. The number of para-hydroxylation sites is 1. The van der Waals surface area contributed by atoms with E-state index in [1.807, 2.05) is 32.0 Å². The van der Waals surface area contributed by atoms with Crippen molar-refractivity contribution in [2.75, 3.05) is 17.6 Å². The minimum Gasteiger partial charge on any atom is -0.489 e. The Balaban J connectivity index is 1.92. The lowest BCUT2D eigenvalue weighted by molar-refractivity contribution is 0.111. The molecule has 4 heteroatoms. The molecule has 0 unspecified atom stereocenters. The normalized spacial score (nSPS) is 22.8. The van der Waals surface area contributed by atoms with E-state index in [1.54, 1.807) is 0 Å². The van der Waals surface area contributed by atoms with Gasteiger partial charge in [0.1, 0.15) is 5.75 Å². The van der Waals surface area contributed by atoms with Gasteiger partial charge in [-0.25, -0.2) is 0 Å². The minimum atomic E-state index is -0.0981. The second-order valence-corrected chi connectivity index (χ2v) is 5.94. The smallest absolute Gasteiger partial charge is 0.144 e. The van der Waals surface area contributed by atoms with Crippen LogP contribution >= 0.6 is 0 Å². The largest absolute Gasteiger partial charge is 0.489 e. The molecule has 0 aliphatic heterocycles. The van der Waals surface area contributed by atoms with Gasteiger partial charge in [0.15, 0.2) is 0 Å². The number of aliphatic hydroxyl groups excluding tert-OH is 1. The Morgan fingerprint density at radius 2 is 2.00 bits per heavy atom. The van der Waals surface area contributed by atoms with E-state index in [9.17, 15) is 5.11 Å². The highest BCUT2D eigenvalue weighted by Crippen LogP contribution is 2.31. The minimum absolute atomic E-state index is 0.0981. The maximum Gasteiger partial charge on any atom is 0.144 e. The van der Waals surface area contributed by atoms with Crippen molar-refractivity contribution in [3.05, 3.63) is 18.2 Å². The molecule has 1 fully saturated rings. The zero-order valence-electron chi connectivity index (χ0n) is 12.4. The van der Waals surface area contributed by atoms with Gasteiger partial charge in [0.25, 0.3) is 0 Å². The Labute approximate surface area is 121 Å². The summed E-state index contributed by atoms with van der Waals surface area (Å²) >= 11 is 0. The van der Waals surface area contributed by atoms with Crippen LogP contribution in [0.25, 0.3) is 0 Å². The van der Waals surface area contributed by atoms with E-state index in [-0.39, 0.29) is 12.2 Å². The zero-order valence-corrected chi connectivity index (χ0v) is 12.4. The number of benzene rings is 1. The van der Waals surface area contributed by atoms with Crippen molar-refractivity contribution < 1.29 is 9.84 Å². The number of hydrogen-bond donors (Lipinski definition) is 3. The van der Waals surface area contributed by atoms with Crippen molar-refractivity contribution in [1.82, 2.24) is 0 Å². The van der Waals surface area contributed by atoms with E-state index in [2.05, 4.69) is 5.32 Å². The molecular formula is C16H26N2O2. The van der Waals surface area contributed by atoms with Crippen LogP contribution < -0.4 is 15.8 Å². The third kappa shape index (κ3) is 4.04. The van der Waals surface area contributed by atoms with Crippen molar-refractivity contribution in [2.45, 2.75) is 51.7 Å². The third-order valence-corrected chi connectivity index (χ3v) is 3.83. The van der Waals surface area contributed by atoms with E-state index < -0.39 is 0 Å². The van der Waals surface area contributed by atoms with Gasteiger partial charge in [-0.1, -0.05) is 6.07 Å². The summed E-state index contributed by atoms with van der Waals surface area (Å²) < 4.78 is 5.69. The van der Waals surface area contributed by atoms with Crippen LogP contribution in [0.15, 0.2) is 18.2 Å². The van der Waals surface area contributed by atoms with Gasteiger partial charge in [0.2, 0.25) is 0 Å². The van der Waals surface area contributed by atoms with Crippen molar-refractivity contribution >= 4 is 11.4 Å². The van der Waals surface area contributed by atoms with Crippen molar-refractivity contribution in [3.8, 4) is 5.75 Å². The summed E-state index contributed by atoms with van der Waals surface area (Å²) in [5.74, 6) is 1.36. The predicted octanol–water partition coefficient (Wildman–Crippen LogP) is 3.02. The van der Waals surface area contributed by atoms with Crippen molar-refractivity contribution in [3.63, 3.8) is 0 Å². The second-order valence-electron chi connectivity index (χ2n) is 5.94. The fourth-order valence-corrected chi connectivity index (χ4v) is 2.66. The predicted molar refractivity (Wildman–Crippen MR) is 83.1 cm³/mol. The maximum absolute atomic E-state index is 9.52. The molecule has 20 heavy (non-hydrogen) atoms. The summed E-state index contributed by atoms with van der Waals surface area (Å²) in [6, 6.07) is 5.85. The molecule has 0 spiro atoms. The van der Waals surface area contributed by atoms with E-state index in [1.165, 1.54) is 0 Å². The van der Waals surface area contributed by atoms with Gasteiger partial charge in [0, 0.05) is 6.54 Å². The van der Waals surface area contributed by atoms with Gasteiger partial charge in [-0.2, -0.15) is 0 Å². The highest BCUT2D eigenvalue weighted by molar-refractivity contribution is 5.72. The summed E-state index contributed by atoms with van der Waals surface area (Å²) in [5.41, 5.74) is 7.76.